The van der Waals surface area contributed by atoms with E-state index >= 15 is 0 Å². The van der Waals surface area contributed by atoms with Crippen LogP contribution < -0.4 is 5.69 Å². The van der Waals surface area contributed by atoms with Gasteiger partial charge < -0.3 is 9.30 Å². The maximum absolute atomic E-state index is 12.7. The predicted molar refractivity (Wildman–Crippen MR) is 144 cm³/mol. The summed E-state index contributed by atoms with van der Waals surface area (Å²) in [6.07, 6.45) is 7.04. The molecular formula is C28H30N6O2S. The lowest BCUT2D eigenvalue weighted by Crippen LogP contribution is -2.37. The van der Waals surface area contributed by atoms with E-state index in [-0.39, 0.29) is 11.1 Å². The van der Waals surface area contributed by atoms with Crippen LogP contribution in [0, 0.1) is 6.92 Å². The topological polar surface area (TPSA) is 79.8 Å². The molecule has 1 aliphatic heterocycles. The Balaban J connectivity index is 1.42. The monoisotopic (exact) mass is 514 g/mol. The second-order valence-electron chi connectivity index (χ2n) is 9.05. The molecule has 1 fully saturated rings. The van der Waals surface area contributed by atoms with Gasteiger partial charge in [0, 0.05) is 36.1 Å². The molecule has 3 heterocycles. The normalized spacial score (nSPS) is 14.9. The van der Waals surface area contributed by atoms with Crippen molar-refractivity contribution in [2.24, 2.45) is 0 Å². The Morgan fingerprint density at radius 2 is 1.81 bits per heavy atom. The molecule has 4 aromatic rings. The van der Waals surface area contributed by atoms with Crippen molar-refractivity contribution in [1.29, 1.82) is 0 Å². The minimum Gasteiger partial charge on any atom is -0.381 e. The summed E-state index contributed by atoms with van der Waals surface area (Å²) in [5.74, 6) is 1.62. The third-order valence-electron chi connectivity index (χ3n) is 6.78. The van der Waals surface area contributed by atoms with Gasteiger partial charge in [-0.3, -0.25) is 4.57 Å². The molecule has 5 rings (SSSR count). The number of allylic oxidation sites excluding steroid dienone is 2. The third kappa shape index (κ3) is 4.84. The van der Waals surface area contributed by atoms with Crippen molar-refractivity contribution in [2.75, 3.05) is 13.2 Å². The van der Waals surface area contributed by atoms with Crippen molar-refractivity contribution in [1.82, 2.24) is 29.1 Å². The van der Waals surface area contributed by atoms with Crippen LogP contribution >= 0.6 is 11.8 Å². The van der Waals surface area contributed by atoms with Gasteiger partial charge in [0.05, 0.1) is 11.1 Å². The maximum Gasteiger partial charge on any atom is 0.351 e. The molecule has 190 valence electrons. The van der Waals surface area contributed by atoms with Crippen LogP contribution in [0.5, 0.6) is 0 Å². The van der Waals surface area contributed by atoms with Crippen molar-refractivity contribution in [2.45, 2.75) is 48.1 Å². The average molecular weight is 515 g/mol. The molecule has 37 heavy (non-hydrogen) atoms. The molecule has 0 atom stereocenters. The van der Waals surface area contributed by atoms with Gasteiger partial charge in [-0.25, -0.2) is 4.79 Å². The van der Waals surface area contributed by atoms with Gasteiger partial charge in [0.15, 0.2) is 0 Å². The highest BCUT2D eigenvalue weighted by atomic mass is 32.2. The molecule has 8 nitrogen and oxygen atoms in total. The van der Waals surface area contributed by atoms with Gasteiger partial charge in [-0.05, 0) is 61.7 Å². The Morgan fingerprint density at radius 3 is 2.54 bits per heavy atom. The molecule has 0 spiro atoms. The van der Waals surface area contributed by atoms with E-state index in [0.717, 1.165) is 34.1 Å². The van der Waals surface area contributed by atoms with Gasteiger partial charge in [0.2, 0.25) is 0 Å². The van der Waals surface area contributed by atoms with E-state index in [1.807, 2.05) is 37.3 Å². The van der Waals surface area contributed by atoms with Gasteiger partial charge in [-0.1, -0.05) is 36.0 Å². The van der Waals surface area contributed by atoms with Crippen molar-refractivity contribution in [3.8, 4) is 5.69 Å². The van der Waals surface area contributed by atoms with Gasteiger partial charge in [0.25, 0.3) is 0 Å². The fourth-order valence-corrected chi connectivity index (χ4v) is 5.79. The third-order valence-corrected chi connectivity index (χ3v) is 7.78. The Hall–Kier alpha value is -3.69. The average Bonchev–Trinajstić information content (AvgIpc) is 3.50. The minimum atomic E-state index is -0.262. The molecule has 0 aliphatic carbocycles. The Labute approximate surface area is 220 Å². The summed E-state index contributed by atoms with van der Waals surface area (Å²) >= 11 is 1.68. The van der Waals surface area contributed by atoms with Crippen molar-refractivity contribution in [3.63, 3.8) is 0 Å². The number of ether oxygens (including phenoxy) is 1. The Bertz CT molecular complexity index is 1460. The highest BCUT2D eigenvalue weighted by Gasteiger charge is 2.40. The first kappa shape index (κ1) is 25.0. The molecule has 1 saturated heterocycles. The number of aryl methyl sites for hydroxylation is 1. The lowest BCUT2D eigenvalue weighted by molar-refractivity contribution is 0.0593. The van der Waals surface area contributed by atoms with Crippen LogP contribution in [0.2, 0.25) is 0 Å². The second kappa shape index (κ2) is 10.7. The van der Waals surface area contributed by atoms with Crippen LogP contribution in [0.15, 0.2) is 94.8 Å². The standard InChI is InChI=1S/C28H30N6O2S/c1-4-15-32-20-29-30-26(32)28(13-17-36-18-14-28)22-7-6-8-25(19-22)37-24-11-9-23(10-12-24)34-27(35)33(16-5-2)21(3)31-34/h4-12,19-20H,1-2,13-18H2,3H3. The van der Waals surface area contributed by atoms with Crippen LogP contribution in [0.1, 0.15) is 30.1 Å². The van der Waals surface area contributed by atoms with Crippen LogP contribution in [0.25, 0.3) is 5.69 Å². The molecule has 0 radical (unpaired) electrons. The molecule has 1 aliphatic rings. The number of aromatic nitrogens is 6. The molecule has 0 bridgehead atoms. The van der Waals surface area contributed by atoms with Gasteiger partial charge in [-0.15, -0.1) is 23.4 Å². The quantitative estimate of drug-likeness (QED) is 0.305. The fraction of sp³-hybridized carbons (Fsp3) is 0.286. The van der Waals surface area contributed by atoms with E-state index in [1.165, 1.54) is 10.2 Å². The summed E-state index contributed by atoms with van der Waals surface area (Å²) in [6.45, 7) is 11.9. The van der Waals surface area contributed by atoms with Gasteiger partial charge >= 0.3 is 5.69 Å². The van der Waals surface area contributed by atoms with E-state index in [9.17, 15) is 4.79 Å². The van der Waals surface area contributed by atoms with Crippen molar-refractivity contribution >= 4 is 11.8 Å². The van der Waals surface area contributed by atoms with E-state index in [1.54, 1.807) is 28.7 Å². The Morgan fingerprint density at radius 1 is 1.05 bits per heavy atom. The molecule has 9 heteroatoms. The van der Waals surface area contributed by atoms with E-state index in [2.05, 4.69) is 57.3 Å². The van der Waals surface area contributed by atoms with E-state index < -0.39 is 0 Å². The zero-order chi connectivity index (χ0) is 25.8. The summed E-state index contributed by atoms with van der Waals surface area (Å²) < 4.78 is 10.8. The van der Waals surface area contributed by atoms with Crippen LogP contribution in [0.4, 0.5) is 0 Å². The second-order valence-corrected chi connectivity index (χ2v) is 10.2. The lowest BCUT2D eigenvalue weighted by Gasteiger charge is -2.37. The first-order valence-electron chi connectivity index (χ1n) is 12.3. The van der Waals surface area contributed by atoms with Crippen LogP contribution in [-0.4, -0.2) is 42.3 Å². The highest BCUT2D eigenvalue weighted by molar-refractivity contribution is 7.99. The summed E-state index contributed by atoms with van der Waals surface area (Å²) in [7, 11) is 0. The van der Waals surface area contributed by atoms with Crippen LogP contribution in [-0.2, 0) is 23.2 Å². The number of hydrogen-bond acceptors (Lipinski definition) is 6. The molecule has 0 unspecified atom stereocenters. The first-order chi connectivity index (χ1) is 18.1. The minimum absolute atomic E-state index is 0.170. The van der Waals surface area contributed by atoms with Crippen molar-refractivity contribution in [3.05, 3.63) is 108 Å². The molecular weight excluding hydrogens is 484 g/mol. The number of rotatable bonds is 9. The number of nitrogens with zero attached hydrogens (tertiary/aromatic N) is 6. The van der Waals surface area contributed by atoms with Crippen molar-refractivity contribution < 1.29 is 4.74 Å². The summed E-state index contributed by atoms with van der Waals surface area (Å²) in [5, 5.41) is 13.2. The van der Waals surface area contributed by atoms with E-state index in [0.29, 0.717) is 32.1 Å². The number of hydrogen-bond donors (Lipinski definition) is 0. The first-order valence-corrected chi connectivity index (χ1v) is 13.1. The molecule has 2 aromatic heterocycles. The largest absolute Gasteiger partial charge is 0.381 e. The predicted octanol–water partition coefficient (Wildman–Crippen LogP) is 4.55. The van der Waals surface area contributed by atoms with Gasteiger partial charge in [0.1, 0.15) is 18.0 Å². The SMILES string of the molecule is C=CCn1cnnc1C1(c2cccc(Sc3ccc(-n4nc(C)n(CC=C)c4=O)cc3)c2)CCOCC1. The Kier molecular flexibility index (Phi) is 7.25. The number of benzene rings is 2. The summed E-state index contributed by atoms with van der Waals surface area (Å²) in [6, 6.07) is 16.5. The van der Waals surface area contributed by atoms with Gasteiger partial charge in [-0.2, -0.15) is 9.78 Å². The fourth-order valence-electron chi connectivity index (χ4n) is 4.91. The zero-order valence-electron chi connectivity index (χ0n) is 20.9. The molecule has 0 saturated carbocycles. The van der Waals surface area contributed by atoms with E-state index in [4.69, 9.17) is 4.74 Å². The highest BCUT2D eigenvalue weighted by Crippen LogP contribution is 2.42. The maximum atomic E-state index is 12.7. The zero-order valence-corrected chi connectivity index (χ0v) is 21.7. The summed E-state index contributed by atoms with van der Waals surface area (Å²) in [4.78, 5) is 14.9. The molecule has 2 aromatic carbocycles. The smallest absolute Gasteiger partial charge is 0.351 e. The lowest BCUT2D eigenvalue weighted by atomic mass is 9.73. The van der Waals surface area contributed by atoms with Crippen LogP contribution in [0.3, 0.4) is 0 Å². The molecule has 0 N–H and O–H groups in total. The summed E-state index contributed by atoms with van der Waals surface area (Å²) in [5.41, 5.74) is 1.51. The molecule has 0 amide bonds.